The van der Waals surface area contributed by atoms with Gasteiger partial charge >= 0.3 is 0 Å². The normalized spacial score (nSPS) is 19.6. The summed E-state index contributed by atoms with van der Waals surface area (Å²) in [5.74, 6) is 0.990. The number of hydrogen-bond donors (Lipinski definition) is 3. The molecule has 0 saturated carbocycles. The standard InChI is InChI=1S/C11H14N6/c12-11-16-9-8(13-6-14-9)10(17-11)15-7-4-2-1-3-5-7/h1-2,6-7H,3-5H2,(H4,12,13,14,15,16,17). The Morgan fingerprint density at radius 1 is 1.35 bits per heavy atom. The van der Waals surface area contributed by atoms with E-state index < -0.39 is 0 Å². The van der Waals surface area contributed by atoms with E-state index in [0.717, 1.165) is 30.6 Å². The molecular weight excluding hydrogens is 216 g/mol. The fourth-order valence-corrected chi connectivity index (χ4v) is 2.07. The molecule has 0 aliphatic heterocycles. The molecule has 1 atom stereocenters. The number of nitrogens with one attached hydrogen (secondary N) is 2. The number of anilines is 2. The molecule has 4 N–H and O–H groups in total. The number of allylic oxidation sites excluding steroid dienone is 1. The van der Waals surface area contributed by atoms with Crippen molar-refractivity contribution in [3.8, 4) is 0 Å². The lowest BCUT2D eigenvalue weighted by atomic mass is 10.0. The van der Waals surface area contributed by atoms with Crippen LogP contribution in [0.15, 0.2) is 18.5 Å². The molecule has 1 aliphatic rings. The van der Waals surface area contributed by atoms with Crippen LogP contribution >= 0.6 is 0 Å². The molecule has 3 rings (SSSR count). The second-order valence-corrected chi connectivity index (χ2v) is 4.16. The largest absolute Gasteiger partial charge is 0.368 e. The van der Waals surface area contributed by atoms with Crippen molar-refractivity contribution in [3.63, 3.8) is 0 Å². The first kappa shape index (κ1) is 10.1. The maximum absolute atomic E-state index is 5.66. The molecule has 1 aliphatic carbocycles. The van der Waals surface area contributed by atoms with Crippen molar-refractivity contribution in [1.29, 1.82) is 0 Å². The lowest BCUT2D eigenvalue weighted by Gasteiger charge is -2.20. The molecule has 17 heavy (non-hydrogen) atoms. The third kappa shape index (κ3) is 1.93. The highest BCUT2D eigenvalue weighted by molar-refractivity contribution is 5.83. The minimum Gasteiger partial charge on any atom is -0.368 e. The maximum atomic E-state index is 5.66. The highest BCUT2D eigenvalue weighted by Gasteiger charge is 2.14. The average molecular weight is 230 g/mol. The molecule has 0 aromatic carbocycles. The number of fused-ring (bicyclic) bond motifs is 1. The molecule has 2 aromatic heterocycles. The van der Waals surface area contributed by atoms with Crippen LogP contribution in [0.1, 0.15) is 19.3 Å². The molecule has 6 heteroatoms. The van der Waals surface area contributed by atoms with Crippen molar-refractivity contribution in [2.24, 2.45) is 0 Å². The topological polar surface area (TPSA) is 92.5 Å². The summed E-state index contributed by atoms with van der Waals surface area (Å²) in [7, 11) is 0. The molecule has 88 valence electrons. The summed E-state index contributed by atoms with van der Waals surface area (Å²) in [5.41, 5.74) is 7.08. The molecule has 6 nitrogen and oxygen atoms in total. The van der Waals surface area contributed by atoms with Crippen LogP contribution in [-0.2, 0) is 0 Å². The minimum atomic E-state index is 0.249. The SMILES string of the molecule is Nc1nc(NC2CC=CCC2)c2[nH]cnc2n1. The van der Waals surface area contributed by atoms with Crippen molar-refractivity contribution < 1.29 is 0 Å². The number of aromatic amines is 1. The summed E-state index contributed by atoms with van der Waals surface area (Å²) in [4.78, 5) is 15.4. The Hall–Kier alpha value is -2.11. The van der Waals surface area contributed by atoms with Crippen LogP contribution in [0.5, 0.6) is 0 Å². The van der Waals surface area contributed by atoms with Crippen LogP contribution in [0.2, 0.25) is 0 Å². The van der Waals surface area contributed by atoms with Crippen LogP contribution < -0.4 is 11.1 Å². The zero-order valence-corrected chi connectivity index (χ0v) is 9.35. The van der Waals surface area contributed by atoms with Gasteiger partial charge in [-0.25, -0.2) is 4.98 Å². The predicted molar refractivity (Wildman–Crippen MR) is 66.5 cm³/mol. The smallest absolute Gasteiger partial charge is 0.224 e. The molecule has 0 fully saturated rings. The van der Waals surface area contributed by atoms with E-state index in [-0.39, 0.29) is 5.95 Å². The summed E-state index contributed by atoms with van der Waals surface area (Å²) < 4.78 is 0. The molecule has 2 heterocycles. The van der Waals surface area contributed by atoms with Gasteiger partial charge in [-0.1, -0.05) is 12.2 Å². The van der Waals surface area contributed by atoms with Crippen molar-refractivity contribution in [2.75, 3.05) is 11.1 Å². The monoisotopic (exact) mass is 230 g/mol. The summed E-state index contributed by atoms with van der Waals surface area (Å²) in [6, 6.07) is 0.404. The van der Waals surface area contributed by atoms with Gasteiger partial charge in [0.25, 0.3) is 0 Å². The van der Waals surface area contributed by atoms with Gasteiger partial charge in [0.05, 0.1) is 6.33 Å². The first-order valence-electron chi connectivity index (χ1n) is 5.71. The first-order chi connectivity index (χ1) is 8.33. The van der Waals surface area contributed by atoms with Gasteiger partial charge in [-0.15, -0.1) is 0 Å². The summed E-state index contributed by atoms with van der Waals surface area (Å²) in [5, 5.41) is 3.40. The molecule has 0 amide bonds. The lowest BCUT2D eigenvalue weighted by molar-refractivity contribution is 0.643. The van der Waals surface area contributed by atoms with E-state index in [1.165, 1.54) is 0 Å². The lowest BCUT2D eigenvalue weighted by Crippen LogP contribution is -2.21. The molecule has 0 saturated heterocycles. The van der Waals surface area contributed by atoms with E-state index in [2.05, 4.69) is 37.4 Å². The van der Waals surface area contributed by atoms with Crippen LogP contribution in [-0.4, -0.2) is 26.0 Å². The third-order valence-electron chi connectivity index (χ3n) is 2.91. The molecule has 0 bridgehead atoms. The number of nitrogens with zero attached hydrogens (tertiary/aromatic N) is 3. The van der Waals surface area contributed by atoms with E-state index in [0.29, 0.717) is 11.7 Å². The summed E-state index contributed by atoms with van der Waals surface area (Å²) >= 11 is 0. The second-order valence-electron chi connectivity index (χ2n) is 4.16. The fraction of sp³-hybridized carbons (Fsp3) is 0.364. The number of H-pyrrole nitrogens is 1. The van der Waals surface area contributed by atoms with Gasteiger partial charge in [-0.2, -0.15) is 9.97 Å². The van der Waals surface area contributed by atoms with Crippen molar-refractivity contribution in [2.45, 2.75) is 25.3 Å². The number of hydrogen-bond acceptors (Lipinski definition) is 5. The van der Waals surface area contributed by atoms with E-state index in [1.807, 2.05) is 0 Å². The van der Waals surface area contributed by atoms with Crippen molar-refractivity contribution in [3.05, 3.63) is 18.5 Å². The van der Waals surface area contributed by atoms with Crippen LogP contribution in [0.25, 0.3) is 11.2 Å². The van der Waals surface area contributed by atoms with Crippen LogP contribution in [0, 0.1) is 0 Å². The third-order valence-corrected chi connectivity index (χ3v) is 2.91. The quantitative estimate of drug-likeness (QED) is 0.679. The van der Waals surface area contributed by atoms with Gasteiger partial charge in [-0.3, -0.25) is 0 Å². The molecular formula is C11H14N6. The van der Waals surface area contributed by atoms with Gasteiger partial charge in [-0.05, 0) is 19.3 Å². The summed E-state index contributed by atoms with van der Waals surface area (Å²) in [6.07, 6.45) is 9.22. The van der Waals surface area contributed by atoms with Gasteiger partial charge in [0.2, 0.25) is 5.95 Å². The Morgan fingerprint density at radius 2 is 2.29 bits per heavy atom. The first-order valence-corrected chi connectivity index (χ1v) is 5.71. The van der Waals surface area contributed by atoms with Gasteiger partial charge in [0.15, 0.2) is 11.5 Å². The number of rotatable bonds is 2. The molecule has 0 radical (unpaired) electrons. The highest BCUT2D eigenvalue weighted by atomic mass is 15.1. The highest BCUT2D eigenvalue weighted by Crippen LogP contribution is 2.21. The van der Waals surface area contributed by atoms with Gasteiger partial charge in [0, 0.05) is 6.04 Å². The maximum Gasteiger partial charge on any atom is 0.224 e. The Bertz CT molecular complexity index is 558. The zero-order valence-electron chi connectivity index (χ0n) is 9.35. The van der Waals surface area contributed by atoms with Crippen molar-refractivity contribution in [1.82, 2.24) is 19.9 Å². The fourth-order valence-electron chi connectivity index (χ4n) is 2.07. The Morgan fingerprint density at radius 3 is 3.12 bits per heavy atom. The van der Waals surface area contributed by atoms with Crippen LogP contribution in [0.3, 0.4) is 0 Å². The van der Waals surface area contributed by atoms with Gasteiger partial charge in [0.1, 0.15) is 5.52 Å². The number of aromatic nitrogens is 4. The van der Waals surface area contributed by atoms with E-state index in [4.69, 9.17) is 5.73 Å². The van der Waals surface area contributed by atoms with E-state index >= 15 is 0 Å². The Labute approximate surface area is 98.4 Å². The Balaban J connectivity index is 1.93. The van der Waals surface area contributed by atoms with Crippen molar-refractivity contribution >= 4 is 22.9 Å². The predicted octanol–water partition coefficient (Wildman–Crippen LogP) is 1.46. The molecule has 1 unspecified atom stereocenters. The average Bonchev–Trinajstić information content (AvgIpc) is 2.78. The van der Waals surface area contributed by atoms with E-state index in [1.54, 1.807) is 6.33 Å². The van der Waals surface area contributed by atoms with E-state index in [9.17, 15) is 0 Å². The second kappa shape index (κ2) is 4.04. The summed E-state index contributed by atoms with van der Waals surface area (Å²) in [6.45, 7) is 0. The minimum absolute atomic E-state index is 0.249. The molecule has 2 aromatic rings. The molecule has 0 spiro atoms. The number of imidazole rings is 1. The Kier molecular flexibility index (Phi) is 2.40. The number of nitrogens with two attached hydrogens (primary N) is 1. The van der Waals surface area contributed by atoms with Crippen LogP contribution in [0.4, 0.5) is 11.8 Å². The van der Waals surface area contributed by atoms with Gasteiger partial charge < -0.3 is 16.0 Å². The number of nitrogen functional groups attached to an aromatic ring is 1. The zero-order chi connectivity index (χ0) is 11.7.